The van der Waals surface area contributed by atoms with Crippen molar-refractivity contribution in [2.75, 3.05) is 27.3 Å². The lowest BCUT2D eigenvalue weighted by atomic mass is 10.5. The normalized spacial score (nSPS) is 12.8. The van der Waals surface area contributed by atoms with Gasteiger partial charge in [-0.15, -0.1) is 4.72 Å². The molecule has 13 heavy (non-hydrogen) atoms. The van der Waals surface area contributed by atoms with E-state index in [1.807, 2.05) is 0 Å². The molecule has 0 aliphatic rings. The smallest absolute Gasteiger partial charge is 0.376 e. The Balaban J connectivity index is 4.11. The molecule has 0 aromatic rings. The number of quaternary nitrogens is 1. The number of nitrogens with zero attached hydrogens (tertiary/aromatic N) is 1. The van der Waals surface area contributed by atoms with Crippen LogP contribution in [0.3, 0.4) is 0 Å². The van der Waals surface area contributed by atoms with E-state index in [0.717, 1.165) is 0 Å². The van der Waals surface area contributed by atoms with Crippen LogP contribution in [0.2, 0.25) is 0 Å². The third kappa shape index (κ3) is 7.62. The van der Waals surface area contributed by atoms with E-state index >= 15 is 0 Å². The molecule has 78 valence electrons. The lowest BCUT2D eigenvalue weighted by molar-refractivity contribution is -0.886. The molecule has 0 heterocycles. The zero-order valence-corrected chi connectivity index (χ0v) is 8.10. The summed E-state index contributed by atoms with van der Waals surface area (Å²) in [5, 5.41) is 10.1. The van der Waals surface area contributed by atoms with Crippen LogP contribution in [0.4, 0.5) is 3.89 Å². The molecule has 0 fully saturated rings. The molecule has 8 heteroatoms. The van der Waals surface area contributed by atoms with E-state index in [1.54, 1.807) is 4.72 Å². The first-order chi connectivity index (χ1) is 5.62. The van der Waals surface area contributed by atoms with E-state index in [-0.39, 0.29) is 11.2 Å². The first-order valence-electron chi connectivity index (χ1n) is 3.33. The summed E-state index contributed by atoms with van der Waals surface area (Å²) in [7, 11) is -1.92. The molecule has 0 aromatic heterocycles. The van der Waals surface area contributed by atoms with Crippen LogP contribution in [-0.2, 0) is 15.2 Å². The Hall–Kier alpha value is -0.730. The quantitative estimate of drug-likeness (QED) is 0.313. The van der Waals surface area contributed by atoms with Crippen LogP contribution < -0.4 is 9.83 Å². The summed E-state index contributed by atoms with van der Waals surface area (Å²) in [5.41, 5.74) is 0. The molecule has 0 saturated heterocycles. The van der Waals surface area contributed by atoms with Crippen molar-refractivity contribution in [3.63, 3.8) is 0 Å². The average Bonchev–Trinajstić information content (AvgIpc) is 1.79. The van der Waals surface area contributed by atoms with Crippen molar-refractivity contribution in [3.8, 4) is 0 Å². The Bertz CT molecular complexity index is 287. The molecule has 0 rings (SSSR count). The van der Waals surface area contributed by atoms with Crippen molar-refractivity contribution in [2.45, 2.75) is 0 Å². The van der Waals surface area contributed by atoms with Crippen LogP contribution >= 0.6 is 0 Å². The first kappa shape index (κ1) is 12.3. The van der Waals surface area contributed by atoms with Gasteiger partial charge in [-0.2, -0.15) is 8.42 Å². The van der Waals surface area contributed by atoms with E-state index in [0.29, 0.717) is 0 Å². The zero-order chi connectivity index (χ0) is 10.7. The number of aliphatic carboxylic acids is 1. The number of carbonyl (C=O) groups excluding carboxylic acids is 1. The van der Waals surface area contributed by atoms with Crippen molar-refractivity contribution in [3.05, 3.63) is 0 Å². The minimum atomic E-state index is -4.77. The van der Waals surface area contributed by atoms with Gasteiger partial charge >= 0.3 is 10.4 Å². The molecule has 0 amide bonds. The number of nitrogens with one attached hydrogen (secondary N) is 1. The Morgan fingerprint density at radius 1 is 1.54 bits per heavy atom. The van der Waals surface area contributed by atoms with Gasteiger partial charge < -0.3 is 14.4 Å². The maximum atomic E-state index is 11.9. The van der Waals surface area contributed by atoms with Crippen LogP contribution in [0.1, 0.15) is 0 Å². The molecule has 0 aromatic carbocycles. The number of hydrogen-bond donors (Lipinski definition) is 1. The number of hydrogen-bond acceptors (Lipinski definition) is 4. The van der Waals surface area contributed by atoms with Crippen LogP contribution in [0, 0.1) is 0 Å². The Labute approximate surface area is 75.9 Å². The summed E-state index contributed by atoms with van der Waals surface area (Å²) >= 11 is 0. The van der Waals surface area contributed by atoms with Gasteiger partial charge in [-0.25, -0.2) is 0 Å². The van der Waals surface area contributed by atoms with Crippen LogP contribution in [0.25, 0.3) is 0 Å². The van der Waals surface area contributed by atoms with Gasteiger partial charge in [0.2, 0.25) is 0 Å². The van der Waals surface area contributed by atoms with Crippen LogP contribution in [0.5, 0.6) is 0 Å². The topological polar surface area (TPSA) is 86.3 Å². The van der Waals surface area contributed by atoms with E-state index in [1.165, 1.54) is 14.1 Å². The van der Waals surface area contributed by atoms with Crippen molar-refractivity contribution < 1.29 is 26.7 Å². The predicted molar refractivity (Wildman–Crippen MR) is 40.0 cm³/mol. The summed E-state index contributed by atoms with van der Waals surface area (Å²) in [4.78, 5) is 10.1. The van der Waals surface area contributed by atoms with Gasteiger partial charge in [-0.3, -0.25) is 0 Å². The molecule has 0 spiro atoms. The number of likely N-dealkylation sites (N-methyl/N-ethyl adjacent to an activating group) is 1. The number of carbonyl (C=O) groups is 1. The molecule has 0 aliphatic heterocycles. The summed E-state index contributed by atoms with van der Waals surface area (Å²) in [6.07, 6.45) is 0. The second-order valence-electron chi connectivity index (χ2n) is 3.21. The van der Waals surface area contributed by atoms with E-state index in [2.05, 4.69) is 0 Å². The lowest BCUT2D eigenvalue weighted by Crippen LogP contribution is -2.53. The highest BCUT2D eigenvalue weighted by molar-refractivity contribution is 7.84. The number of halogens is 1. The van der Waals surface area contributed by atoms with Gasteiger partial charge in [-0.1, -0.05) is 3.89 Å². The largest absolute Gasteiger partial charge is 0.544 e. The maximum Gasteiger partial charge on any atom is 0.376 e. The Morgan fingerprint density at radius 2 is 2.00 bits per heavy atom. The molecule has 0 bridgehead atoms. The van der Waals surface area contributed by atoms with Gasteiger partial charge in [-0.05, 0) is 0 Å². The fourth-order valence-electron chi connectivity index (χ4n) is 0.657. The molecular weight excluding hydrogens is 203 g/mol. The fourth-order valence-corrected chi connectivity index (χ4v) is 1.16. The summed E-state index contributed by atoms with van der Waals surface area (Å²) in [5.74, 6) is -1.33. The van der Waals surface area contributed by atoms with Crippen LogP contribution in [-0.4, -0.2) is 46.2 Å². The van der Waals surface area contributed by atoms with Crippen molar-refractivity contribution in [1.29, 1.82) is 0 Å². The second-order valence-corrected chi connectivity index (χ2v) is 4.37. The van der Waals surface area contributed by atoms with Gasteiger partial charge in [0, 0.05) is 0 Å². The monoisotopic (exact) mass is 214 g/mol. The minimum Gasteiger partial charge on any atom is -0.544 e. The first-order valence-corrected chi connectivity index (χ1v) is 4.72. The van der Waals surface area contributed by atoms with Crippen molar-refractivity contribution in [2.24, 2.45) is 0 Å². The van der Waals surface area contributed by atoms with Gasteiger partial charge in [0.05, 0.1) is 20.1 Å². The van der Waals surface area contributed by atoms with Gasteiger partial charge in [0.1, 0.15) is 13.2 Å². The number of rotatable bonds is 5. The van der Waals surface area contributed by atoms with Crippen LogP contribution in [0.15, 0.2) is 0 Å². The second kappa shape index (κ2) is 3.99. The third-order valence-corrected chi connectivity index (χ3v) is 1.70. The SMILES string of the molecule is C[N+](C)(CNS(=O)(=O)F)CC(=O)[O-]. The predicted octanol–water partition coefficient (Wildman–Crippen LogP) is -2.43. The lowest BCUT2D eigenvalue weighted by Gasteiger charge is -2.29. The molecule has 0 atom stereocenters. The highest BCUT2D eigenvalue weighted by Gasteiger charge is 2.18. The van der Waals surface area contributed by atoms with Crippen molar-refractivity contribution >= 4 is 16.4 Å². The van der Waals surface area contributed by atoms with E-state index in [9.17, 15) is 22.2 Å². The molecule has 0 radical (unpaired) electrons. The number of carboxylic acid groups (broad SMARTS) is 1. The highest BCUT2D eigenvalue weighted by Crippen LogP contribution is 1.94. The molecule has 6 nitrogen and oxygen atoms in total. The zero-order valence-electron chi connectivity index (χ0n) is 7.28. The summed E-state index contributed by atoms with van der Waals surface area (Å²) < 4.78 is 33.3. The molecule has 0 unspecified atom stereocenters. The Kier molecular flexibility index (Phi) is 3.76. The molecule has 1 N–H and O–H groups in total. The standard InChI is InChI=1S/C5H11FN2O4S/c1-8(2,3-5(9)10)4-7-13(6,11)12/h7H,3-4H2,1-2H3. The minimum absolute atomic E-state index is 0.231. The summed E-state index contributed by atoms with van der Waals surface area (Å²) in [6, 6.07) is 0. The van der Waals surface area contributed by atoms with E-state index < -0.39 is 22.9 Å². The highest BCUT2D eigenvalue weighted by atomic mass is 32.3. The molecule has 0 saturated carbocycles. The molecule has 0 aliphatic carbocycles. The maximum absolute atomic E-state index is 11.9. The summed E-state index contributed by atoms with van der Waals surface area (Å²) in [6.45, 7) is -0.741. The third-order valence-electron chi connectivity index (χ3n) is 1.22. The average molecular weight is 214 g/mol. The Morgan fingerprint density at radius 3 is 2.31 bits per heavy atom. The number of carboxylic acids is 1. The van der Waals surface area contributed by atoms with Gasteiger partial charge in [0.15, 0.2) is 0 Å². The van der Waals surface area contributed by atoms with Gasteiger partial charge in [0.25, 0.3) is 0 Å². The fraction of sp³-hybridized carbons (Fsp3) is 0.800. The van der Waals surface area contributed by atoms with E-state index in [4.69, 9.17) is 0 Å². The molecular formula is C5H11FN2O4S. The van der Waals surface area contributed by atoms with Crippen molar-refractivity contribution in [1.82, 2.24) is 4.72 Å².